The van der Waals surface area contributed by atoms with Gasteiger partial charge in [0, 0.05) is 5.69 Å². The minimum atomic E-state index is -0.743. The van der Waals surface area contributed by atoms with E-state index >= 15 is 0 Å². The Morgan fingerprint density at radius 3 is 2.73 bits per heavy atom. The molecule has 0 saturated carbocycles. The third-order valence-electron chi connectivity index (χ3n) is 3.33. The molecular weight excluding hydrogens is 276 g/mol. The molecule has 1 amide bonds. The van der Waals surface area contributed by atoms with E-state index in [9.17, 15) is 10.1 Å². The number of anilines is 1. The van der Waals surface area contributed by atoms with Gasteiger partial charge in [-0.3, -0.25) is 4.79 Å². The second kappa shape index (κ2) is 7.28. The van der Waals surface area contributed by atoms with E-state index in [1.807, 2.05) is 55.5 Å². The number of hydrogen-bond acceptors (Lipinski definition) is 3. The second-order valence-electron chi connectivity index (χ2n) is 5.10. The predicted octanol–water partition coefficient (Wildman–Crippen LogP) is 3.32. The van der Waals surface area contributed by atoms with Crippen molar-refractivity contribution < 1.29 is 9.53 Å². The van der Waals surface area contributed by atoms with Crippen molar-refractivity contribution >= 4 is 11.6 Å². The van der Waals surface area contributed by atoms with E-state index in [4.69, 9.17) is 4.74 Å². The zero-order valence-corrected chi connectivity index (χ0v) is 12.7. The zero-order chi connectivity index (χ0) is 15.9. The number of benzene rings is 2. The Morgan fingerprint density at radius 2 is 2.05 bits per heavy atom. The predicted molar refractivity (Wildman–Crippen MR) is 85.6 cm³/mol. The Morgan fingerprint density at radius 1 is 1.27 bits per heavy atom. The molecule has 0 aliphatic carbocycles. The van der Waals surface area contributed by atoms with Gasteiger partial charge in [-0.15, -0.1) is 0 Å². The van der Waals surface area contributed by atoms with Crippen molar-refractivity contribution in [3.63, 3.8) is 0 Å². The fourth-order valence-electron chi connectivity index (χ4n) is 2.18. The van der Waals surface area contributed by atoms with Crippen molar-refractivity contribution in [2.75, 3.05) is 12.4 Å². The average Bonchev–Trinajstić information content (AvgIpc) is 2.52. The molecular formula is C18H18N2O2. The smallest absolute Gasteiger partial charge is 0.242 e. The first-order chi connectivity index (χ1) is 10.6. The van der Waals surface area contributed by atoms with Gasteiger partial charge >= 0.3 is 0 Å². The fraction of sp³-hybridized carbons (Fsp3) is 0.222. The number of carbonyl (C=O) groups excluding carboxylic acids is 1. The quantitative estimate of drug-likeness (QED) is 0.920. The van der Waals surface area contributed by atoms with Crippen LogP contribution < -0.4 is 10.1 Å². The van der Waals surface area contributed by atoms with Crippen molar-refractivity contribution in [3.05, 3.63) is 59.7 Å². The number of hydrogen-bond donors (Lipinski definition) is 1. The first-order valence-corrected chi connectivity index (χ1v) is 7.02. The van der Waals surface area contributed by atoms with Gasteiger partial charge in [0.15, 0.2) is 0 Å². The van der Waals surface area contributed by atoms with Crippen LogP contribution in [0.2, 0.25) is 0 Å². The molecule has 0 aromatic heterocycles. The number of amides is 1. The highest BCUT2D eigenvalue weighted by Gasteiger charge is 2.18. The normalized spacial score (nSPS) is 11.3. The number of nitrogens with one attached hydrogen (secondary N) is 1. The summed E-state index contributed by atoms with van der Waals surface area (Å²) in [5.74, 6) is -0.322. The number of ether oxygens (including phenoxy) is 1. The molecule has 2 aromatic rings. The Hall–Kier alpha value is -2.80. The van der Waals surface area contributed by atoms with Gasteiger partial charge in [-0.25, -0.2) is 0 Å². The van der Waals surface area contributed by atoms with E-state index in [1.165, 1.54) is 0 Å². The summed E-state index contributed by atoms with van der Waals surface area (Å²) in [4.78, 5) is 12.2. The Kier molecular flexibility index (Phi) is 5.16. The van der Waals surface area contributed by atoms with Gasteiger partial charge in [-0.05, 0) is 48.7 Å². The Labute approximate surface area is 130 Å². The van der Waals surface area contributed by atoms with Crippen molar-refractivity contribution in [2.45, 2.75) is 13.3 Å². The minimum absolute atomic E-state index is 0.295. The molecule has 1 unspecified atom stereocenters. The summed E-state index contributed by atoms with van der Waals surface area (Å²) < 4.78 is 5.16. The summed E-state index contributed by atoms with van der Waals surface area (Å²) in [6, 6.07) is 17.0. The number of nitrogens with zero attached hydrogens (tertiary/aromatic N) is 1. The lowest BCUT2D eigenvalue weighted by molar-refractivity contribution is -0.118. The SMILES string of the molecule is COc1cccc(CC(C#N)C(=O)Nc2cccc(C)c2)c1. The van der Waals surface area contributed by atoms with Crippen LogP contribution in [0.25, 0.3) is 0 Å². The van der Waals surface area contributed by atoms with Crippen LogP contribution in [-0.2, 0) is 11.2 Å². The van der Waals surface area contributed by atoms with E-state index < -0.39 is 5.92 Å². The lowest BCUT2D eigenvalue weighted by Gasteiger charge is -2.11. The topological polar surface area (TPSA) is 62.1 Å². The maximum absolute atomic E-state index is 12.2. The highest BCUT2D eigenvalue weighted by Crippen LogP contribution is 2.17. The molecule has 0 saturated heterocycles. The summed E-state index contributed by atoms with van der Waals surface area (Å²) in [6.07, 6.45) is 0.353. The molecule has 1 N–H and O–H groups in total. The van der Waals surface area contributed by atoms with Gasteiger partial charge in [-0.2, -0.15) is 5.26 Å². The van der Waals surface area contributed by atoms with Crippen molar-refractivity contribution in [1.29, 1.82) is 5.26 Å². The van der Waals surface area contributed by atoms with Gasteiger partial charge in [0.2, 0.25) is 5.91 Å². The first kappa shape index (κ1) is 15.6. The van der Waals surface area contributed by atoms with Gasteiger partial charge in [-0.1, -0.05) is 24.3 Å². The summed E-state index contributed by atoms with van der Waals surface area (Å²) in [6.45, 7) is 1.95. The van der Waals surface area contributed by atoms with Crippen LogP contribution in [-0.4, -0.2) is 13.0 Å². The van der Waals surface area contributed by atoms with Crippen LogP contribution in [0.5, 0.6) is 5.75 Å². The monoisotopic (exact) mass is 294 g/mol. The third kappa shape index (κ3) is 4.10. The number of nitriles is 1. The molecule has 2 aromatic carbocycles. The van der Waals surface area contributed by atoms with E-state index in [-0.39, 0.29) is 5.91 Å². The van der Waals surface area contributed by atoms with Gasteiger partial charge in [0.1, 0.15) is 11.7 Å². The molecule has 4 heteroatoms. The fourth-order valence-corrected chi connectivity index (χ4v) is 2.18. The van der Waals surface area contributed by atoms with E-state index in [2.05, 4.69) is 11.4 Å². The first-order valence-electron chi connectivity index (χ1n) is 7.02. The molecule has 0 aliphatic rings. The third-order valence-corrected chi connectivity index (χ3v) is 3.33. The van der Waals surface area contributed by atoms with E-state index in [1.54, 1.807) is 7.11 Å². The summed E-state index contributed by atoms with van der Waals surface area (Å²) >= 11 is 0. The molecule has 0 radical (unpaired) electrons. The van der Waals surface area contributed by atoms with Crippen LogP contribution in [0.3, 0.4) is 0 Å². The van der Waals surface area contributed by atoms with Crippen LogP contribution >= 0.6 is 0 Å². The molecule has 2 rings (SSSR count). The van der Waals surface area contributed by atoms with Gasteiger partial charge < -0.3 is 10.1 Å². The Balaban J connectivity index is 2.07. The second-order valence-corrected chi connectivity index (χ2v) is 5.10. The lowest BCUT2D eigenvalue weighted by atomic mass is 9.99. The molecule has 0 bridgehead atoms. The van der Waals surface area contributed by atoms with Crippen molar-refractivity contribution in [1.82, 2.24) is 0 Å². The van der Waals surface area contributed by atoms with E-state index in [0.717, 1.165) is 11.1 Å². The molecule has 0 fully saturated rings. The maximum Gasteiger partial charge on any atom is 0.242 e. The molecule has 1 atom stereocenters. The van der Waals surface area contributed by atoms with Crippen LogP contribution in [0, 0.1) is 24.2 Å². The number of methoxy groups -OCH3 is 1. The summed E-state index contributed by atoms with van der Waals surface area (Å²) in [5, 5.41) is 12.1. The van der Waals surface area contributed by atoms with Crippen LogP contribution in [0.1, 0.15) is 11.1 Å². The molecule has 112 valence electrons. The largest absolute Gasteiger partial charge is 0.497 e. The molecule has 0 spiro atoms. The van der Waals surface area contributed by atoms with Crippen LogP contribution in [0.15, 0.2) is 48.5 Å². The molecule has 0 aliphatic heterocycles. The lowest BCUT2D eigenvalue weighted by Crippen LogP contribution is -2.23. The van der Waals surface area contributed by atoms with E-state index in [0.29, 0.717) is 17.9 Å². The van der Waals surface area contributed by atoms with Crippen molar-refractivity contribution in [3.8, 4) is 11.8 Å². The number of carbonyl (C=O) groups is 1. The maximum atomic E-state index is 12.2. The number of aryl methyl sites for hydroxylation is 1. The standard InChI is InChI=1S/C18H18N2O2/c1-13-5-3-7-16(9-13)20-18(21)15(12-19)10-14-6-4-8-17(11-14)22-2/h3-9,11,15H,10H2,1-2H3,(H,20,21). The molecule has 22 heavy (non-hydrogen) atoms. The average molecular weight is 294 g/mol. The number of rotatable bonds is 5. The molecule has 0 heterocycles. The Bertz CT molecular complexity index is 704. The van der Waals surface area contributed by atoms with Crippen molar-refractivity contribution in [2.24, 2.45) is 5.92 Å². The summed E-state index contributed by atoms with van der Waals surface area (Å²) in [5.41, 5.74) is 2.65. The van der Waals surface area contributed by atoms with Gasteiger partial charge in [0.25, 0.3) is 0 Å². The highest BCUT2D eigenvalue weighted by atomic mass is 16.5. The highest BCUT2D eigenvalue weighted by molar-refractivity contribution is 5.94. The zero-order valence-electron chi connectivity index (χ0n) is 12.7. The van der Waals surface area contributed by atoms with Crippen LogP contribution in [0.4, 0.5) is 5.69 Å². The van der Waals surface area contributed by atoms with Gasteiger partial charge in [0.05, 0.1) is 13.2 Å². The minimum Gasteiger partial charge on any atom is -0.497 e. The molecule has 4 nitrogen and oxygen atoms in total. The summed E-state index contributed by atoms with van der Waals surface area (Å²) in [7, 11) is 1.59.